The van der Waals surface area contributed by atoms with Gasteiger partial charge in [0.25, 0.3) is 5.91 Å². The second kappa shape index (κ2) is 9.08. The Morgan fingerprint density at radius 2 is 2.06 bits per heavy atom. The largest absolute Gasteiger partial charge is 0.338 e. The number of aromatic nitrogens is 6. The number of anilines is 1. The second-order valence-corrected chi connectivity index (χ2v) is 7.75. The number of fused-ring (bicyclic) bond motifs is 1. The van der Waals surface area contributed by atoms with Crippen LogP contribution >= 0.6 is 0 Å². The van der Waals surface area contributed by atoms with Crippen LogP contribution in [0.4, 0.5) is 10.6 Å². The van der Waals surface area contributed by atoms with Gasteiger partial charge in [-0.1, -0.05) is 6.07 Å². The Morgan fingerprint density at radius 3 is 2.84 bits per heavy atom. The highest BCUT2D eigenvalue weighted by molar-refractivity contribution is 6.02. The number of carbonyl (C=O) groups is 2. The van der Waals surface area contributed by atoms with Gasteiger partial charge in [-0.2, -0.15) is 0 Å². The van der Waals surface area contributed by atoms with Gasteiger partial charge in [0.05, 0.1) is 6.04 Å². The predicted molar refractivity (Wildman–Crippen MR) is 117 cm³/mol. The van der Waals surface area contributed by atoms with E-state index < -0.39 is 0 Å². The third kappa shape index (κ3) is 4.41. The number of hydrogen-bond donors (Lipinski definition) is 2. The van der Waals surface area contributed by atoms with Crippen molar-refractivity contribution in [3.63, 3.8) is 0 Å². The van der Waals surface area contributed by atoms with Gasteiger partial charge in [0.2, 0.25) is 5.82 Å². The zero-order valence-corrected chi connectivity index (χ0v) is 18.2. The maximum atomic E-state index is 12.8. The van der Waals surface area contributed by atoms with E-state index in [2.05, 4.69) is 36.1 Å². The van der Waals surface area contributed by atoms with Crippen molar-refractivity contribution in [2.45, 2.75) is 39.8 Å². The SMILES string of the molecule is CCNC(=O)N1CCc2cnc(C(=O)Nc3cccc(-c4nnnn4C(C)C)n3)cc2C1. The van der Waals surface area contributed by atoms with Gasteiger partial charge in [0.15, 0.2) is 0 Å². The summed E-state index contributed by atoms with van der Waals surface area (Å²) < 4.78 is 1.67. The number of urea groups is 1. The molecule has 4 rings (SSSR count). The molecule has 0 aromatic carbocycles. The second-order valence-electron chi connectivity index (χ2n) is 7.75. The highest BCUT2D eigenvalue weighted by Crippen LogP contribution is 2.21. The van der Waals surface area contributed by atoms with Gasteiger partial charge in [-0.05, 0) is 66.9 Å². The molecule has 0 aliphatic carbocycles. The predicted octanol–water partition coefficient (Wildman–Crippen LogP) is 2.05. The normalized spacial score (nSPS) is 13.1. The Kier molecular flexibility index (Phi) is 6.06. The highest BCUT2D eigenvalue weighted by atomic mass is 16.2. The summed E-state index contributed by atoms with van der Waals surface area (Å²) in [5, 5.41) is 17.4. The Bertz CT molecular complexity index is 1140. The first kappa shape index (κ1) is 21.3. The van der Waals surface area contributed by atoms with Crippen LogP contribution in [0.2, 0.25) is 0 Å². The van der Waals surface area contributed by atoms with Crippen LogP contribution in [0.3, 0.4) is 0 Å². The van der Waals surface area contributed by atoms with E-state index in [-0.39, 0.29) is 23.7 Å². The highest BCUT2D eigenvalue weighted by Gasteiger charge is 2.22. The lowest BCUT2D eigenvalue weighted by atomic mass is 10.0. The number of nitrogens with zero attached hydrogens (tertiary/aromatic N) is 7. The van der Waals surface area contributed by atoms with E-state index in [9.17, 15) is 9.59 Å². The topological polar surface area (TPSA) is 131 Å². The van der Waals surface area contributed by atoms with Gasteiger partial charge in [0.1, 0.15) is 17.2 Å². The van der Waals surface area contributed by atoms with Crippen LogP contribution in [0.25, 0.3) is 11.5 Å². The lowest BCUT2D eigenvalue weighted by molar-refractivity contribution is 0.102. The molecule has 0 saturated heterocycles. The minimum Gasteiger partial charge on any atom is -0.338 e. The van der Waals surface area contributed by atoms with E-state index in [4.69, 9.17) is 0 Å². The minimum absolute atomic E-state index is 0.0683. The van der Waals surface area contributed by atoms with Crippen molar-refractivity contribution in [2.75, 3.05) is 18.4 Å². The first-order valence-electron chi connectivity index (χ1n) is 10.5. The molecule has 0 spiro atoms. The van der Waals surface area contributed by atoms with E-state index >= 15 is 0 Å². The van der Waals surface area contributed by atoms with Gasteiger partial charge in [-0.3, -0.25) is 9.78 Å². The Balaban J connectivity index is 1.51. The third-order valence-electron chi connectivity index (χ3n) is 5.14. The zero-order valence-electron chi connectivity index (χ0n) is 18.2. The van der Waals surface area contributed by atoms with E-state index in [1.165, 1.54) is 0 Å². The fraction of sp³-hybridized carbons (Fsp3) is 0.381. The van der Waals surface area contributed by atoms with Crippen LogP contribution in [0.15, 0.2) is 30.5 Å². The van der Waals surface area contributed by atoms with Crippen LogP contribution in [0.1, 0.15) is 48.4 Å². The van der Waals surface area contributed by atoms with Crippen LogP contribution < -0.4 is 10.6 Å². The number of carbonyl (C=O) groups excluding carboxylic acids is 2. The number of rotatable bonds is 5. The van der Waals surface area contributed by atoms with E-state index in [0.29, 0.717) is 43.4 Å². The molecule has 0 fully saturated rings. The summed E-state index contributed by atoms with van der Waals surface area (Å²) in [5.74, 6) is 0.513. The Labute approximate surface area is 185 Å². The average molecular weight is 435 g/mol. The zero-order chi connectivity index (χ0) is 22.7. The molecule has 0 saturated carbocycles. The molecule has 166 valence electrons. The average Bonchev–Trinajstić information content (AvgIpc) is 3.29. The van der Waals surface area contributed by atoms with Crippen LogP contribution in [0.5, 0.6) is 0 Å². The van der Waals surface area contributed by atoms with Crippen molar-refractivity contribution >= 4 is 17.8 Å². The summed E-state index contributed by atoms with van der Waals surface area (Å²) >= 11 is 0. The molecule has 32 heavy (non-hydrogen) atoms. The summed E-state index contributed by atoms with van der Waals surface area (Å²) in [7, 11) is 0. The van der Waals surface area contributed by atoms with Crippen LogP contribution in [-0.4, -0.2) is 60.1 Å². The van der Waals surface area contributed by atoms with Gasteiger partial charge in [-0.15, -0.1) is 5.10 Å². The molecule has 4 heterocycles. The Morgan fingerprint density at radius 1 is 1.22 bits per heavy atom. The molecule has 3 aromatic heterocycles. The molecule has 11 nitrogen and oxygen atoms in total. The fourth-order valence-corrected chi connectivity index (χ4v) is 3.52. The molecule has 3 aromatic rings. The fourth-order valence-electron chi connectivity index (χ4n) is 3.52. The quantitative estimate of drug-likeness (QED) is 0.627. The number of hydrogen-bond acceptors (Lipinski definition) is 7. The summed E-state index contributed by atoms with van der Waals surface area (Å²) in [6.07, 6.45) is 2.41. The number of pyridine rings is 2. The molecule has 3 amide bonds. The summed E-state index contributed by atoms with van der Waals surface area (Å²) in [6, 6.07) is 6.96. The molecule has 11 heteroatoms. The van der Waals surface area contributed by atoms with Crippen LogP contribution in [0, 0.1) is 0 Å². The lowest BCUT2D eigenvalue weighted by Crippen LogP contribution is -2.42. The van der Waals surface area contributed by atoms with E-state index in [1.807, 2.05) is 20.8 Å². The van der Waals surface area contributed by atoms with Crippen LogP contribution in [-0.2, 0) is 13.0 Å². The standard InChI is InChI=1S/C21H25N9O2/c1-4-22-21(32)29-9-8-14-11-23-17(10-15(14)12-29)20(31)25-18-7-5-6-16(24-18)19-26-27-28-30(19)13(2)3/h5-7,10-11,13H,4,8-9,12H2,1-3H3,(H,22,32)(H,24,25,31). The molecule has 0 radical (unpaired) electrons. The number of tetrazole rings is 1. The van der Waals surface area contributed by atoms with E-state index in [1.54, 1.807) is 40.0 Å². The van der Waals surface area contributed by atoms with Crippen molar-refractivity contribution < 1.29 is 9.59 Å². The molecule has 1 aliphatic heterocycles. The maximum Gasteiger partial charge on any atom is 0.317 e. The molecule has 0 unspecified atom stereocenters. The number of nitrogens with one attached hydrogen (secondary N) is 2. The first-order valence-corrected chi connectivity index (χ1v) is 10.5. The van der Waals surface area contributed by atoms with Gasteiger partial charge >= 0.3 is 6.03 Å². The van der Waals surface area contributed by atoms with E-state index in [0.717, 1.165) is 11.1 Å². The summed E-state index contributed by atoms with van der Waals surface area (Å²) in [5.41, 5.74) is 2.78. The molecule has 0 bridgehead atoms. The van der Waals surface area contributed by atoms with Crippen molar-refractivity contribution in [1.29, 1.82) is 0 Å². The number of amides is 3. The summed E-state index contributed by atoms with van der Waals surface area (Å²) in [4.78, 5) is 35.5. The molecule has 0 atom stereocenters. The molecular weight excluding hydrogens is 410 g/mol. The molecular formula is C21H25N9O2. The van der Waals surface area contributed by atoms with Crippen molar-refractivity contribution in [3.8, 4) is 11.5 Å². The van der Waals surface area contributed by atoms with Crippen molar-refractivity contribution in [1.82, 2.24) is 40.4 Å². The monoisotopic (exact) mass is 435 g/mol. The van der Waals surface area contributed by atoms with Crippen molar-refractivity contribution in [3.05, 3.63) is 47.3 Å². The van der Waals surface area contributed by atoms with Gasteiger partial charge in [-0.25, -0.2) is 14.5 Å². The van der Waals surface area contributed by atoms with Gasteiger partial charge in [0, 0.05) is 25.8 Å². The third-order valence-corrected chi connectivity index (χ3v) is 5.14. The van der Waals surface area contributed by atoms with Crippen molar-refractivity contribution in [2.24, 2.45) is 0 Å². The molecule has 1 aliphatic rings. The Hall–Kier alpha value is -3.89. The first-order chi connectivity index (χ1) is 15.5. The smallest absolute Gasteiger partial charge is 0.317 e. The summed E-state index contributed by atoms with van der Waals surface area (Å²) in [6.45, 7) is 7.46. The lowest BCUT2D eigenvalue weighted by Gasteiger charge is -2.28. The minimum atomic E-state index is -0.379. The molecule has 2 N–H and O–H groups in total. The van der Waals surface area contributed by atoms with Gasteiger partial charge < -0.3 is 15.5 Å². The maximum absolute atomic E-state index is 12.8.